The van der Waals surface area contributed by atoms with E-state index in [4.69, 9.17) is 9.97 Å². The van der Waals surface area contributed by atoms with E-state index in [2.05, 4.69) is 33.6 Å². The molecule has 0 aliphatic rings. The van der Waals surface area contributed by atoms with Crippen LogP contribution in [0.1, 0.15) is 11.5 Å². The van der Waals surface area contributed by atoms with E-state index in [1.165, 1.54) is 0 Å². The SMILES string of the molecule is Cc1cccc(-c2[nH]c(CNc3ccccc3)nc2-c2ccc3c(cnn3C)c2)n1. The zero-order valence-electron chi connectivity index (χ0n) is 16.9. The molecule has 6 nitrogen and oxygen atoms in total. The van der Waals surface area contributed by atoms with Crippen LogP contribution in [0.4, 0.5) is 5.69 Å². The van der Waals surface area contributed by atoms with Crippen molar-refractivity contribution in [2.75, 3.05) is 5.32 Å². The summed E-state index contributed by atoms with van der Waals surface area (Å²) in [5.41, 5.74) is 6.86. The fourth-order valence-electron chi connectivity index (χ4n) is 3.64. The molecule has 3 heterocycles. The molecule has 0 saturated heterocycles. The number of rotatable bonds is 5. The van der Waals surface area contributed by atoms with Gasteiger partial charge in [-0.2, -0.15) is 5.10 Å². The summed E-state index contributed by atoms with van der Waals surface area (Å²) in [5.74, 6) is 0.860. The first kappa shape index (κ1) is 18.1. The minimum Gasteiger partial charge on any atom is -0.378 e. The number of pyridine rings is 1. The van der Waals surface area contributed by atoms with E-state index in [9.17, 15) is 0 Å². The minimum atomic E-state index is 0.595. The first-order valence-corrected chi connectivity index (χ1v) is 9.91. The van der Waals surface area contributed by atoms with Gasteiger partial charge in [-0.3, -0.25) is 9.67 Å². The number of aromatic amines is 1. The zero-order chi connectivity index (χ0) is 20.5. The Labute approximate surface area is 174 Å². The van der Waals surface area contributed by atoms with Crippen molar-refractivity contribution in [1.29, 1.82) is 0 Å². The highest BCUT2D eigenvalue weighted by Gasteiger charge is 2.16. The van der Waals surface area contributed by atoms with Gasteiger partial charge >= 0.3 is 0 Å². The van der Waals surface area contributed by atoms with Crippen molar-refractivity contribution in [3.8, 4) is 22.6 Å². The van der Waals surface area contributed by atoms with Crippen LogP contribution in [-0.4, -0.2) is 24.7 Å². The predicted octanol–water partition coefficient (Wildman–Crippen LogP) is 4.95. The lowest BCUT2D eigenvalue weighted by Crippen LogP contribution is -2.00. The second-order valence-electron chi connectivity index (χ2n) is 7.33. The Bertz CT molecular complexity index is 1320. The summed E-state index contributed by atoms with van der Waals surface area (Å²) < 4.78 is 1.88. The van der Waals surface area contributed by atoms with E-state index in [1.54, 1.807) is 0 Å². The van der Waals surface area contributed by atoms with E-state index in [0.29, 0.717) is 6.54 Å². The van der Waals surface area contributed by atoms with Crippen molar-refractivity contribution in [2.24, 2.45) is 7.05 Å². The quantitative estimate of drug-likeness (QED) is 0.443. The first-order chi connectivity index (χ1) is 14.7. The molecule has 0 aliphatic carbocycles. The summed E-state index contributed by atoms with van der Waals surface area (Å²) >= 11 is 0. The van der Waals surface area contributed by atoms with E-state index in [1.807, 2.05) is 73.4 Å². The first-order valence-electron chi connectivity index (χ1n) is 9.91. The number of fused-ring (bicyclic) bond motifs is 1. The minimum absolute atomic E-state index is 0.595. The molecule has 0 unspecified atom stereocenters. The summed E-state index contributed by atoms with van der Waals surface area (Å²) in [4.78, 5) is 13.1. The van der Waals surface area contributed by atoms with Gasteiger partial charge < -0.3 is 10.3 Å². The van der Waals surface area contributed by atoms with Gasteiger partial charge in [0.15, 0.2) is 0 Å². The summed E-state index contributed by atoms with van der Waals surface area (Å²) in [7, 11) is 1.95. The van der Waals surface area contributed by atoms with Crippen LogP contribution in [0.15, 0.2) is 72.9 Å². The topological polar surface area (TPSA) is 71.4 Å². The van der Waals surface area contributed by atoms with Gasteiger partial charge in [-0.1, -0.05) is 30.3 Å². The van der Waals surface area contributed by atoms with Crippen LogP contribution in [-0.2, 0) is 13.6 Å². The van der Waals surface area contributed by atoms with Gasteiger partial charge in [-0.15, -0.1) is 0 Å². The number of aryl methyl sites for hydroxylation is 2. The van der Waals surface area contributed by atoms with Crippen molar-refractivity contribution >= 4 is 16.6 Å². The molecule has 30 heavy (non-hydrogen) atoms. The highest BCUT2D eigenvalue weighted by atomic mass is 15.2. The molecule has 0 spiro atoms. The third-order valence-electron chi connectivity index (χ3n) is 5.15. The zero-order valence-corrected chi connectivity index (χ0v) is 16.9. The molecule has 2 N–H and O–H groups in total. The van der Waals surface area contributed by atoms with E-state index in [-0.39, 0.29) is 0 Å². The van der Waals surface area contributed by atoms with Crippen LogP contribution in [0.3, 0.4) is 0 Å². The Balaban J connectivity index is 1.57. The summed E-state index contributed by atoms with van der Waals surface area (Å²) in [6, 6.07) is 22.5. The molecule has 3 aromatic heterocycles. The number of imidazole rings is 1. The van der Waals surface area contributed by atoms with Crippen LogP contribution in [0, 0.1) is 6.92 Å². The highest BCUT2D eigenvalue weighted by Crippen LogP contribution is 2.31. The number of H-pyrrole nitrogens is 1. The van der Waals surface area contributed by atoms with Crippen molar-refractivity contribution < 1.29 is 0 Å². The van der Waals surface area contributed by atoms with Crippen molar-refractivity contribution in [1.82, 2.24) is 24.7 Å². The Hall–Kier alpha value is -3.93. The molecule has 0 aliphatic heterocycles. The molecule has 5 rings (SSSR count). The van der Waals surface area contributed by atoms with Gasteiger partial charge in [0.2, 0.25) is 0 Å². The molecule has 0 atom stereocenters. The fourth-order valence-corrected chi connectivity index (χ4v) is 3.64. The molecule has 0 radical (unpaired) electrons. The van der Waals surface area contributed by atoms with Crippen LogP contribution in [0.25, 0.3) is 33.5 Å². The molecule has 0 bridgehead atoms. The number of aromatic nitrogens is 5. The van der Waals surface area contributed by atoms with Crippen LogP contribution >= 0.6 is 0 Å². The van der Waals surface area contributed by atoms with Gasteiger partial charge in [0.05, 0.1) is 35.3 Å². The van der Waals surface area contributed by atoms with Gasteiger partial charge in [0.1, 0.15) is 5.82 Å². The summed E-state index contributed by atoms with van der Waals surface area (Å²) in [5, 5.41) is 8.87. The van der Waals surface area contributed by atoms with E-state index >= 15 is 0 Å². The van der Waals surface area contributed by atoms with E-state index in [0.717, 1.165) is 50.8 Å². The maximum Gasteiger partial charge on any atom is 0.126 e. The molecule has 0 fully saturated rings. The second-order valence-corrected chi connectivity index (χ2v) is 7.33. The van der Waals surface area contributed by atoms with Gasteiger partial charge in [0, 0.05) is 29.4 Å². The molecule has 148 valence electrons. The lowest BCUT2D eigenvalue weighted by Gasteiger charge is -2.04. The molecule has 0 saturated carbocycles. The summed E-state index contributed by atoms with van der Waals surface area (Å²) in [6.45, 7) is 2.59. The number of hydrogen-bond donors (Lipinski definition) is 2. The molecule has 0 amide bonds. The van der Waals surface area contributed by atoms with Gasteiger partial charge in [-0.25, -0.2) is 4.98 Å². The molecule has 2 aromatic carbocycles. The maximum absolute atomic E-state index is 4.93. The Morgan fingerprint density at radius 2 is 1.83 bits per heavy atom. The van der Waals surface area contributed by atoms with Crippen LogP contribution in [0.2, 0.25) is 0 Å². The Kier molecular flexibility index (Phi) is 4.52. The highest BCUT2D eigenvalue weighted by molar-refractivity contribution is 5.87. The van der Waals surface area contributed by atoms with Gasteiger partial charge in [0.25, 0.3) is 0 Å². The van der Waals surface area contributed by atoms with E-state index < -0.39 is 0 Å². The van der Waals surface area contributed by atoms with Crippen molar-refractivity contribution in [3.63, 3.8) is 0 Å². The second kappa shape index (κ2) is 7.48. The lowest BCUT2D eigenvalue weighted by molar-refractivity contribution is 0.797. The maximum atomic E-state index is 4.93. The Morgan fingerprint density at radius 1 is 0.967 bits per heavy atom. The van der Waals surface area contributed by atoms with Crippen molar-refractivity contribution in [3.05, 3.63) is 84.4 Å². The molecule has 5 aromatic rings. The molecule has 6 heteroatoms. The smallest absolute Gasteiger partial charge is 0.126 e. The largest absolute Gasteiger partial charge is 0.378 e. The number of nitrogens with zero attached hydrogens (tertiary/aromatic N) is 4. The molecular weight excluding hydrogens is 372 g/mol. The number of benzene rings is 2. The standard InChI is InChI=1S/C24H22N6/c1-16-7-6-10-20(27-16)24-23(17-11-12-21-18(13-17)14-26-30(21)2)28-22(29-24)15-25-19-8-4-3-5-9-19/h3-14,25H,15H2,1-2H3,(H,28,29). The average molecular weight is 394 g/mol. The number of hydrogen-bond acceptors (Lipinski definition) is 4. The normalized spacial score (nSPS) is 11.1. The molecular formula is C24H22N6. The number of para-hydroxylation sites is 1. The van der Waals surface area contributed by atoms with Gasteiger partial charge in [-0.05, 0) is 43.3 Å². The lowest BCUT2D eigenvalue weighted by atomic mass is 10.1. The average Bonchev–Trinajstić information content (AvgIpc) is 3.37. The fraction of sp³-hybridized carbons (Fsp3) is 0.125. The number of anilines is 1. The van der Waals surface area contributed by atoms with Crippen LogP contribution < -0.4 is 5.32 Å². The number of nitrogens with one attached hydrogen (secondary N) is 2. The Morgan fingerprint density at radius 3 is 2.67 bits per heavy atom. The monoisotopic (exact) mass is 394 g/mol. The predicted molar refractivity (Wildman–Crippen MR) is 120 cm³/mol. The van der Waals surface area contributed by atoms with Crippen molar-refractivity contribution in [2.45, 2.75) is 13.5 Å². The third kappa shape index (κ3) is 3.43. The summed E-state index contributed by atoms with van der Waals surface area (Å²) in [6.07, 6.45) is 1.88. The third-order valence-corrected chi connectivity index (χ3v) is 5.15. The van der Waals surface area contributed by atoms with Crippen LogP contribution in [0.5, 0.6) is 0 Å².